The Kier molecular flexibility index (Phi) is 3.63. The first kappa shape index (κ1) is 11.6. The number of aromatic carboxylic acids is 1. The highest BCUT2D eigenvalue weighted by Gasteiger charge is 2.07. The number of carboxylic acid groups (broad SMARTS) is 1. The minimum Gasteiger partial charge on any atom is -0.477 e. The summed E-state index contributed by atoms with van der Waals surface area (Å²) in [5, 5.41) is 13.7. The van der Waals surface area contributed by atoms with Crippen LogP contribution in [0.1, 0.15) is 20.4 Å². The van der Waals surface area contributed by atoms with Gasteiger partial charge in [-0.05, 0) is 13.0 Å². The third-order valence-electron chi connectivity index (χ3n) is 1.82. The average molecular weight is 271 g/mol. The maximum Gasteiger partial charge on any atom is 0.345 e. The Morgan fingerprint density at radius 2 is 2.31 bits per heavy atom. The van der Waals surface area contributed by atoms with Gasteiger partial charge in [-0.1, -0.05) is 0 Å². The smallest absolute Gasteiger partial charge is 0.345 e. The molecule has 2 rings (SSSR count). The lowest BCUT2D eigenvalue weighted by atomic mass is 10.5. The number of aromatic nitrogens is 1. The summed E-state index contributed by atoms with van der Waals surface area (Å²) < 4.78 is 0. The molecule has 2 heterocycles. The molecule has 1 N–H and O–H groups in total. The number of thiophene rings is 1. The van der Waals surface area contributed by atoms with Gasteiger partial charge in [-0.15, -0.1) is 34.4 Å². The highest BCUT2D eigenvalue weighted by Crippen LogP contribution is 2.28. The molecule has 0 aliphatic rings. The van der Waals surface area contributed by atoms with Gasteiger partial charge in [0.15, 0.2) is 0 Å². The largest absolute Gasteiger partial charge is 0.477 e. The van der Waals surface area contributed by atoms with E-state index in [9.17, 15) is 4.79 Å². The van der Waals surface area contributed by atoms with Crippen molar-refractivity contribution in [3.63, 3.8) is 0 Å². The molecule has 2 aromatic heterocycles. The van der Waals surface area contributed by atoms with Crippen LogP contribution < -0.4 is 0 Å². The molecule has 0 aromatic carbocycles. The second-order valence-corrected chi connectivity index (χ2v) is 6.03. The molecule has 0 aliphatic carbocycles. The quantitative estimate of drug-likeness (QED) is 0.865. The zero-order valence-electron chi connectivity index (χ0n) is 8.47. The molecule has 0 unspecified atom stereocenters. The third kappa shape index (κ3) is 2.84. The molecule has 0 amide bonds. The maximum absolute atomic E-state index is 10.7. The highest BCUT2D eigenvalue weighted by atomic mass is 32.2. The molecular formula is C10H9NO2S3. The predicted octanol–water partition coefficient (Wildman–Crippen LogP) is 3.50. The maximum atomic E-state index is 10.7. The number of aryl methyl sites for hydroxylation is 1. The van der Waals surface area contributed by atoms with E-state index in [0.29, 0.717) is 4.88 Å². The Bertz CT molecular complexity index is 504. The number of hydrogen-bond acceptors (Lipinski definition) is 5. The summed E-state index contributed by atoms with van der Waals surface area (Å²) in [4.78, 5) is 16.4. The fraction of sp³-hybridized carbons (Fsp3) is 0.200. The first-order valence-corrected chi connectivity index (χ1v) is 7.25. The van der Waals surface area contributed by atoms with E-state index in [1.165, 1.54) is 11.3 Å². The average Bonchev–Trinajstić information content (AvgIpc) is 2.83. The molecular weight excluding hydrogens is 262 g/mol. The van der Waals surface area contributed by atoms with Crippen LogP contribution in [0.5, 0.6) is 0 Å². The molecule has 0 bridgehead atoms. The van der Waals surface area contributed by atoms with E-state index in [1.807, 2.05) is 17.7 Å². The standard InChI is InChI=1S/C10H9NO2S3/c1-6-3-16-9(11-6)5-14-7-2-8(10(12)13)15-4-7/h2-4H,5H2,1H3,(H,12,13). The van der Waals surface area contributed by atoms with E-state index in [-0.39, 0.29) is 0 Å². The van der Waals surface area contributed by atoms with E-state index in [1.54, 1.807) is 29.2 Å². The molecule has 3 nitrogen and oxygen atoms in total. The van der Waals surface area contributed by atoms with Crippen LogP contribution in [-0.4, -0.2) is 16.1 Å². The van der Waals surface area contributed by atoms with Crippen molar-refractivity contribution in [3.8, 4) is 0 Å². The van der Waals surface area contributed by atoms with Crippen molar-refractivity contribution >= 4 is 40.4 Å². The summed E-state index contributed by atoms with van der Waals surface area (Å²) in [5.74, 6) is -0.0594. The van der Waals surface area contributed by atoms with Crippen LogP contribution in [0.15, 0.2) is 21.7 Å². The summed E-state index contributed by atoms with van der Waals surface area (Å²) in [6, 6.07) is 1.71. The number of hydrogen-bond donors (Lipinski definition) is 1. The molecule has 6 heteroatoms. The van der Waals surface area contributed by atoms with Crippen molar-refractivity contribution in [2.24, 2.45) is 0 Å². The van der Waals surface area contributed by atoms with Crippen molar-refractivity contribution in [2.75, 3.05) is 0 Å². The Hall–Kier alpha value is -0.850. The van der Waals surface area contributed by atoms with Crippen molar-refractivity contribution in [1.82, 2.24) is 4.98 Å². The predicted molar refractivity (Wildman–Crippen MR) is 67.7 cm³/mol. The van der Waals surface area contributed by atoms with Gasteiger partial charge in [-0.25, -0.2) is 9.78 Å². The monoisotopic (exact) mass is 271 g/mol. The van der Waals surface area contributed by atoms with Crippen LogP contribution in [0, 0.1) is 6.92 Å². The van der Waals surface area contributed by atoms with Gasteiger partial charge < -0.3 is 5.11 Å². The Labute approximate surface area is 105 Å². The van der Waals surface area contributed by atoms with Crippen molar-refractivity contribution in [2.45, 2.75) is 17.6 Å². The van der Waals surface area contributed by atoms with Crippen LogP contribution in [0.25, 0.3) is 0 Å². The molecule has 0 radical (unpaired) electrons. The van der Waals surface area contributed by atoms with Gasteiger partial charge >= 0.3 is 5.97 Å². The number of thioether (sulfide) groups is 1. The number of thiazole rings is 1. The summed E-state index contributed by atoms with van der Waals surface area (Å²) >= 11 is 4.52. The van der Waals surface area contributed by atoms with Gasteiger partial charge in [0.2, 0.25) is 0 Å². The Balaban J connectivity index is 1.97. The Morgan fingerprint density at radius 3 is 2.88 bits per heavy atom. The fourth-order valence-electron chi connectivity index (χ4n) is 1.12. The number of carboxylic acids is 1. The lowest BCUT2D eigenvalue weighted by Gasteiger charge is -1.93. The molecule has 0 fully saturated rings. The van der Waals surface area contributed by atoms with Crippen LogP contribution in [-0.2, 0) is 5.75 Å². The Morgan fingerprint density at radius 1 is 1.50 bits per heavy atom. The summed E-state index contributed by atoms with van der Waals surface area (Å²) in [6.07, 6.45) is 0. The lowest BCUT2D eigenvalue weighted by molar-refractivity contribution is 0.0702. The van der Waals surface area contributed by atoms with Crippen LogP contribution >= 0.6 is 34.4 Å². The minimum absolute atomic E-state index is 0.387. The fourth-order valence-corrected chi connectivity index (χ4v) is 3.78. The molecule has 0 saturated heterocycles. The van der Waals surface area contributed by atoms with E-state index >= 15 is 0 Å². The minimum atomic E-state index is -0.859. The number of carbonyl (C=O) groups is 1. The van der Waals surface area contributed by atoms with Gasteiger partial charge in [-0.3, -0.25) is 0 Å². The zero-order valence-corrected chi connectivity index (χ0v) is 10.9. The van der Waals surface area contributed by atoms with Crippen LogP contribution in [0.4, 0.5) is 0 Å². The SMILES string of the molecule is Cc1csc(CSc2csc(C(=O)O)c2)n1. The van der Waals surface area contributed by atoms with E-state index in [4.69, 9.17) is 5.11 Å². The molecule has 0 saturated carbocycles. The lowest BCUT2D eigenvalue weighted by Crippen LogP contribution is -1.89. The van der Waals surface area contributed by atoms with Crippen molar-refractivity contribution in [1.29, 1.82) is 0 Å². The van der Waals surface area contributed by atoms with E-state index in [2.05, 4.69) is 4.98 Å². The van der Waals surface area contributed by atoms with Gasteiger partial charge in [0, 0.05) is 21.3 Å². The van der Waals surface area contributed by atoms with Gasteiger partial charge in [0.1, 0.15) is 9.88 Å². The first-order valence-electron chi connectivity index (χ1n) is 4.51. The second kappa shape index (κ2) is 4.99. The topological polar surface area (TPSA) is 50.2 Å². The number of rotatable bonds is 4. The summed E-state index contributed by atoms with van der Waals surface area (Å²) in [5.41, 5.74) is 1.04. The third-order valence-corrected chi connectivity index (χ3v) is 5.02. The van der Waals surface area contributed by atoms with Gasteiger partial charge in [-0.2, -0.15) is 0 Å². The second-order valence-electron chi connectivity index (χ2n) is 3.12. The molecule has 0 spiro atoms. The zero-order chi connectivity index (χ0) is 11.5. The highest BCUT2D eigenvalue weighted by molar-refractivity contribution is 7.98. The van der Waals surface area contributed by atoms with Crippen molar-refractivity contribution < 1.29 is 9.90 Å². The number of nitrogens with zero attached hydrogens (tertiary/aromatic N) is 1. The van der Waals surface area contributed by atoms with Crippen molar-refractivity contribution in [3.05, 3.63) is 32.4 Å². The molecule has 16 heavy (non-hydrogen) atoms. The van der Waals surface area contributed by atoms with E-state index in [0.717, 1.165) is 21.3 Å². The van der Waals surface area contributed by atoms with E-state index < -0.39 is 5.97 Å². The molecule has 2 aromatic rings. The summed E-state index contributed by atoms with van der Waals surface area (Å²) in [6.45, 7) is 1.97. The summed E-state index contributed by atoms with van der Waals surface area (Å²) in [7, 11) is 0. The molecule has 0 aliphatic heterocycles. The van der Waals surface area contributed by atoms with Gasteiger partial charge in [0.05, 0.1) is 5.75 Å². The van der Waals surface area contributed by atoms with Gasteiger partial charge in [0.25, 0.3) is 0 Å². The van der Waals surface area contributed by atoms with Crippen LogP contribution in [0.3, 0.4) is 0 Å². The normalized spacial score (nSPS) is 10.6. The molecule has 0 atom stereocenters. The first-order chi connectivity index (χ1) is 7.65. The molecule has 84 valence electrons. The van der Waals surface area contributed by atoms with Crippen LogP contribution in [0.2, 0.25) is 0 Å².